The summed E-state index contributed by atoms with van der Waals surface area (Å²) in [4.78, 5) is 27.2. The van der Waals surface area contributed by atoms with E-state index in [9.17, 15) is 9.59 Å². The van der Waals surface area contributed by atoms with Crippen LogP contribution in [0.5, 0.6) is 0 Å². The van der Waals surface area contributed by atoms with Gasteiger partial charge in [0.25, 0.3) is 0 Å². The first-order chi connectivity index (χ1) is 27.5. The van der Waals surface area contributed by atoms with E-state index in [4.69, 9.17) is 0 Å². The first-order valence-corrected chi connectivity index (χ1v) is 19.1. The summed E-state index contributed by atoms with van der Waals surface area (Å²) in [5.41, 5.74) is 8.99. The number of rotatable bonds is 6. The normalized spacial score (nSPS) is 15.9. The Morgan fingerprint density at radius 2 is 0.804 bits per heavy atom. The Morgan fingerprint density at radius 1 is 0.482 bits per heavy atom. The first kappa shape index (κ1) is 37.8. The average Bonchev–Trinajstić information content (AvgIpc) is 3.26. The number of benzene rings is 8. The number of hydrogen-bond donors (Lipinski definition) is 1. The lowest BCUT2D eigenvalue weighted by Gasteiger charge is -2.39. The number of nitrogens with zero attached hydrogens (tertiary/aromatic N) is 1. The van der Waals surface area contributed by atoms with Crippen LogP contribution in [0.25, 0.3) is 55.2 Å². The zero-order chi connectivity index (χ0) is 38.9. The van der Waals surface area contributed by atoms with Crippen LogP contribution in [0.15, 0.2) is 182 Å². The fraction of sp³-hybridized carbons (Fsp3) is 0.115. The molecule has 9 rings (SSSR count). The van der Waals surface area contributed by atoms with E-state index in [2.05, 4.69) is 151 Å². The van der Waals surface area contributed by atoms with Gasteiger partial charge in [0.15, 0.2) is 5.78 Å². The van der Waals surface area contributed by atoms with E-state index >= 15 is 0 Å². The van der Waals surface area contributed by atoms with Gasteiger partial charge in [0.05, 0.1) is 0 Å². The molecule has 2 unspecified atom stereocenters. The van der Waals surface area contributed by atoms with Crippen molar-refractivity contribution in [1.82, 2.24) is 4.90 Å². The van der Waals surface area contributed by atoms with Crippen LogP contribution in [0.3, 0.4) is 0 Å². The number of carbonyl (C=O) groups is 2. The number of carbonyl (C=O) groups excluding carboxylic acids is 2. The van der Waals surface area contributed by atoms with Crippen LogP contribution in [0.2, 0.25) is 0 Å². The molecule has 0 aromatic heterocycles. The van der Waals surface area contributed by atoms with E-state index in [-0.39, 0.29) is 17.9 Å². The lowest BCUT2D eigenvalue weighted by Crippen LogP contribution is -2.37. The quantitative estimate of drug-likeness (QED) is 0.173. The summed E-state index contributed by atoms with van der Waals surface area (Å²) in [5, 5.41) is 9.69. The summed E-state index contributed by atoms with van der Waals surface area (Å²) < 4.78 is 0. The molecule has 1 aliphatic rings. The van der Waals surface area contributed by atoms with Crippen molar-refractivity contribution in [3.63, 3.8) is 0 Å². The van der Waals surface area contributed by atoms with E-state index in [1.54, 1.807) is 12.2 Å². The third kappa shape index (κ3) is 8.90. The summed E-state index contributed by atoms with van der Waals surface area (Å²) in [7, 11) is 3.66. The SMILES string of the molecule is CN.CN1C(c2ccc3ccccc3c2)CC(=O)CC1c1ccc2ccccc2c1.O=C(/C=C/c1ccc2ccccc2c1)/C=C/c1ccc2ccccc2c1. The molecule has 4 heteroatoms. The lowest BCUT2D eigenvalue weighted by molar-refractivity contribution is -0.125. The van der Waals surface area contributed by atoms with Crippen molar-refractivity contribution in [3.05, 3.63) is 204 Å². The van der Waals surface area contributed by atoms with E-state index in [0.29, 0.717) is 18.6 Å². The molecule has 0 aliphatic carbocycles. The zero-order valence-corrected chi connectivity index (χ0v) is 31.9. The molecule has 8 aromatic carbocycles. The van der Waals surface area contributed by atoms with Crippen LogP contribution in [-0.2, 0) is 9.59 Å². The molecule has 0 bridgehead atoms. The van der Waals surface area contributed by atoms with Gasteiger partial charge >= 0.3 is 0 Å². The number of piperidine rings is 1. The predicted molar refractivity (Wildman–Crippen MR) is 236 cm³/mol. The highest BCUT2D eigenvalue weighted by Crippen LogP contribution is 2.40. The van der Waals surface area contributed by atoms with Gasteiger partial charge in [-0.05, 0) is 116 Å². The van der Waals surface area contributed by atoms with Crippen molar-refractivity contribution < 1.29 is 9.59 Å². The molecule has 0 saturated carbocycles. The molecule has 1 heterocycles. The van der Waals surface area contributed by atoms with Gasteiger partial charge in [-0.3, -0.25) is 14.5 Å². The van der Waals surface area contributed by atoms with E-state index in [1.165, 1.54) is 61.3 Å². The molecule has 1 saturated heterocycles. The Balaban J connectivity index is 0.000000165. The Labute approximate surface area is 329 Å². The number of allylic oxidation sites excluding steroid dienone is 2. The number of fused-ring (bicyclic) bond motifs is 4. The third-order valence-corrected chi connectivity index (χ3v) is 10.6. The van der Waals surface area contributed by atoms with Gasteiger partial charge in [-0.2, -0.15) is 0 Å². The number of hydrogen-bond acceptors (Lipinski definition) is 4. The molecule has 56 heavy (non-hydrogen) atoms. The van der Waals surface area contributed by atoms with Crippen LogP contribution in [0.4, 0.5) is 0 Å². The third-order valence-electron chi connectivity index (χ3n) is 10.6. The Hall–Kier alpha value is -6.46. The summed E-state index contributed by atoms with van der Waals surface area (Å²) in [5.74, 6) is 0.320. The summed E-state index contributed by atoms with van der Waals surface area (Å²) in [6.07, 6.45) is 8.11. The molecule has 0 spiro atoms. The highest BCUT2D eigenvalue weighted by Gasteiger charge is 2.34. The molecule has 1 aliphatic heterocycles. The maximum Gasteiger partial charge on any atom is 0.178 e. The maximum absolute atomic E-state index is 12.7. The molecular weight excluding hydrogens is 685 g/mol. The molecule has 1 fully saturated rings. The van der Waals surface area contributed by atoms with Crippen LogP contribution < -0.4 is 5.73 Å². The van der Waals surface area contributed by atoms with Crippen LogP contribution in [0.1, 0.15) is 47.2 Å². The lowest BCUT2D eigenvalue weighted by atomic mass is 9.86. The fourth-order valence-electron chi connectivity index (χ4n) is 7.59. The topological polar surface area (TPSA) is 63.4 Å². The maximum atomic E-state index is 12.7. The van der Waals surface area contributed by atoms with Gasteiger partial charge in [0, 0.05) is 24.9 Å². The predicted octanol–water partition coefficient (Wildman–Crippen LogP) is 11.9. The van der Waals surface area contributed by atoms with Crippen molar-refractivity contribution in [2.75, 3.05) is 14.1 Å². The minimum atomic E-state index is -0.0219. The van der Waals surface area contributed by atoms with Crippen molar-refractivity contribution in [1.29, 1.82) is 0 Å². The highest BCUT2D eigenvalue weighted by molar-refractivity contribution is 6.05. The monoisotopic (exact) mass is 730 g/mol. The van der Waals surface area contributed by atoms with E-state index in [0.717, 1.165) is 11.1 Å². The molecule has 4 nitrogen and oxygen atoms in total. The van der Waals surface area contributed by atoms with Gasteiger partial charge in [0.1, 0.15) is 5.78 Å². The highest BCUT2D eigenvalue weighted by atomic mass is 16.1. The van der Waals surface area contributed by atoms with Gasteiger partial charge < -0.3 is 5.73 Å². The number of Topliss-reactive ketones (excluding diaryl/α,β-unsaturated/α-hetero) is 1. The first-order valence-electron chi connectivity index (χ1n) is 19.1. The average molecular weight is 731 g/mol. The molecule has 2 N–H and O–H groups in total. The van der Waals surface area contributed by atoms with Crippen molar-refractivity contribution >= 4 is 66.8 Å². The van der Waals surface area contributed by atoms with Crippen LogP contribution in [0, 0.1) is 0 Å². The van der Waals surface area contributed by atoms with Gasteiger partial charge in [0.2, 0.25) is 0 Å². The zero-order valence-electron chi connectivity index (χ0n) is 31.9. The van der Waals surface area contributed by atoms with Crippen molar-refractivity contribution in [3.8, 4) is 0 Å². The second kappa shape index (κ2) is 17.8. The second-order valence-electron chi connectivity index (χ2n) is 14.1. The number of likely N-dealkylation sites (tertiary alicyclic amines) is 1. The largest absolute Gasteiger partial charge is 0.333 e. The van der Waals surface area contributed by atoms with Crippen LogP contribution in [-0.4, -0.2) is 30.6 Å². The van der Waals surface area contributed by atoms with Crippen LogP contribution >= 0.6 is 0 Å². The van der Waals surface area contributed by atoms with Gasteiger partial charge in [-0.1, -0.05) is 158 Å². The minimum absolute atomic E-state index is 0.0219. The fourth-order valence-corrected chi connectivity index (χ4v) is 7.59. The van der Waals surface area contributed by atoms with Gasteiger partial charge in [-0.25, -0.2) is 0 Å². The summed E-state index contributed by atoms with van der Waals surface area (Å²) in [6.45, 7) is 0. The smallest absolute Gasteiger partial charge is 0.178 e. The molecule has 8 aromatic rings. The summed E-state index contributed by atoms with van der Waals surface area (Å²) in [6, 6.07) is 59.0. The van der Waals surface area contributed by atoms with E-state index < -0.39 is 0 Å². The molecule has 276 valence electrons. The van der Waals surface area contributed by atoms with Crippen molar-refractivity contribution in [2.24, 2.45) is 5.73 Å². The summed E-state index contributed by atoms with van der Waals surface area (Å²) >= 11 is 0. The molecule has 0 amide bonds. The second-order valence-corrected chi connectivity index (χ2v) is 14.1. The number of ketones is 2. The molecule has 0 radical (unpaired) electrons. The van der Waals surface area contributed by atoms with Crippen molar-refractivity contribution in [2.45, 2.75) is 24.9 Å². The molecule has 2 atom stereocenters. The Kier molecular flexibility index (Phi) is 12.0. The Bertz CT molecular complexity index is 2530. The Morgan fingerprint density at radius 3 is 1.18 bits per heavy atom. The van der Waals surface area contributed by atoms with E-state index in [1.807, 2.05) is 48.6 Å². The molecular formula is C52H46N2O2. The number of nitrogens with two attached hydrogens (primary N) is 1. The standard InChI is InChI=1S/C26H23NO.C25H18O.CH5N/c1-27-25(22-12-10-18-6-2-4-8-20(18)14-22)16-24(28)17-26(27)23-13-11-19-7-3-5-9-21(19)15-23;26-25(15-11-19-9-13-21-5-1-3-7-23(21)17-19)16-12-20-10-14-22-6-2-4-8-24(22)18-20;1-2/h2-15,25-26H,16-17H2,1H3;1-18H;2H2,1H3/b;15-11+,16-12+;. The van der Waals surface area contributed by atoms with Gasteiger partial charge in [-0.15, -0.1) is 0 Å². The minimum Gasteiger partial charge on any atom is -0.333 e.